The molecule has 6 aliphatic rings. The van der Waals surface area contributed by atoms with Crippen molar-refractivity contribution in [2.75, 3.05) is 40.0 Å². The van der Waals surface area contributed by atoms with Gasteiger partial charge in [0.2, 0.25) is 11.8 Å². The Morgan fingerprint density at radius 3 is 2.69 bits per heavy atom. The lowest BCUT2D eigenvalue weighted by Gasteiger charge is -2.61. The van der Waals surface area contributed by atoms with Gasteiger partial charge in [-0.05, 0) is 67.1 Å². The SMILES string of the molecule is COc1cc(C=O)cc2c1O[C@@H]1[C@@H](O)[C@H](N(C[C@@H]3CC[C@H]4C[C@@H]3C4(C)C)C(=O)C3CCOC3)C=C(C(=O)NCCO)[C@H]21. The number of ether oxygens (including phenoxy) is 3. The van der Waals surface area contributed by atoms with Crippen LogP contribution in [0.3, 0.4) is 0 Å². The minimum atomic E-state index is -1.14. The van der Waals surface area contributed by atoms with Gasteiger partial charge < -0.3 is 34.6 Å². The molecule has 2 amide bonds. The molecule has 10 heteroatoms. The highest BCUT2D eigenvalue weighted by molar-refractivity contribution is 5.96. The number of hydrogen-bond donors (Lipinski definition) is 3. The fourth-order valence-electron chi connectivity index (χ4n) is 8.31. The molecule has 7 rings (SSSR count). The first-order chi connectivity index (χ1) is 20.2. The van der Waals surface area contributed by atoms with Gasteiger partial charge in [-0.25, -0.2) is 0 Å². The first kappa shape index (κ1) is 29.1. The van der Waals surface area contributed by atoms with Crippen LogP contribution in [0.1, 0.15) is 61.4 Å². The van der Waals surface area contributed by atoms with Crippen molar-refractivity contribution in [3.8, 4) is 11.5 Å². The van der Waals surface area contributed by atoms with Crippen LogP contribution in [0.5, 0.6) is 11.5 Å². The van der Waals surface area contributed by atoms with Gasteiger partial charge in [0.1, 0.15) is 18.5 Å². The second-order valence-electron chi connectivity index (χ2n) is 13.2. The van der Waals surface area contributed by atoms with E-state index in [1.54, 1.807) is 23.1 Å². The number of aliphatic hydroxyl groups excluding tert-OH is 2. The van der Waals surface area contributed by atoms with Crippen molar-refractivity contribution in [3.63, 3.8) is 0 Å². The molecule has 42 heavy (non-hydrogen) atoms. The van der Waals surface area contributed by atoms with E-state index in [-0.39, 0.29) is 36.3 Å². The average molecular weight is 583 g/mol. The zero-order valence-corrected chi connectivity index (χ0v) is 24.6. The van der Waals surface area contributed by atoms with E-state index in [0.29, 0.717) is 72.5 Å². The summed E-state index contributed by atoms with van der Waals surface area (Å²) < 4.78 is 17.4. The largest absolute Gasteiger partial charge is 0.493 e. The maximum atomic E-state index is 14.2. The van der Waals surface area contributed by atoms with Gasteiger partial charge in [0.05, 0.1) is 38.2 Å². The quantitative estimate of drug-likeness (QED) is 0.377. The second kappa shape index (κ2) is 11.3. The van der Waals surface area contributed by atoms with E-state index in [0.717, 1.165) is 19.3 Å². The minimum Gasteiger partial charge on any atom is -0.493 e. The van der Waals surface area contributed by atoms with Crippen molar-refractivity contribution >= 4 is 18.1 Å². The van der Waals surface area contributed by atoms with Crippen LogP contribution in [0.2, 0.25) is 0 Å². The van der Waals surface area contributed by atoms with Crippen molar-refractivity contribution in [1.29, 1.82) is 0 Å². The van der Waals surface area contributed by atoms with Gasteiger partial charge in [0.15, 0.2) is 11.5 Å². The molecule has 3 saturated carbocycles. The molecule has 4 aliphatic carbocycles. The summed E-state index contributed by atoms with van der Waals surface area (Å²) in [5.41, 5.74) is 1.48. The van der Waals surface area contributed by atoms with Gasteiger partial charge in [-0.3, -0.25) is 14.4 Å². The Balaban J connectivity index is 1.41. The summed E-state index contributed by atoms with van der Waals surface area (Å²) in [7, 11) is 1.47. The van der Waals surface area contributed by atoms with E-state index in [2.05, 4.69) is 19.2 Å². The molecule has 1 aromatic carbocycles. The Hall–Kier alpha value is -2.95. The summed E-state index contributed by atoms with van der Waals surface area (Å²) in [5.74, 6) is 0.720. The molecule has 228 valence electrons. The van der Waals surface area contributed by atoms with Crippen molar-refractivity contribution in [2.24, 2.45) is 29.1 Å². The third-order valence-electron chi connectivity index (χ3n) is 10.8. The molecule has 0 spiro atoms. The van der Waals surface area contributed by atoms with Gasteiger partial charge in [0, 0.05) is 36.4 Å². The molecule has 2 heterocycles. The monoisotopic (exact) mass is 582 g/mol. The molecule has 8 atom stereocenters. The number of nitrogens with zero attached hydrogens (tertiary/aromatic N) is 1. The van der Waals surface area contributed by atoms with Crippen LogP contribution in [0.4, 0.5) is 0 Å². The molecule has 1 aromatic rings. The number of hydrogen-bond acceptors (Lipinski definition) is 8. The number of amides is 2. The maximum absolute atomic E-state index is 14.2. The minimum absolute atomic E-state index is 0.0499. The van der Waals surface area contributed by atoms with Crippen LogP contribution in [-0.2, 0) is 14.3 Å². The molecule has 10 nitrogen and oxygen atoms in total. The Bertz CT molecular complexity index is 1270. The molecule has 2 bridgehead atoms. The molecular weight excluding hydrogens is 540 g/mol. The lowest BCUT2D eigenvalue weighted by molar-refractivity contribution is -0.150. The second-order valence-corrected chi connectivity index (χ2v) is 13.2. The van der Waals surface area contributed by atoms with Crippen molar-refractivity contribution in [1.82, 2.24) is 10.2 Å². The van der Waals surface area contributed by atoms with Crippen molar-refractivity contribution in [3.05, 3.63) is 34.9 Å². The van der Waals surface area contributed by atoms with E-state index in [1.165, 1.54) is 7.11 Å². The Morgan fingerprint density at radius 2 is 2.05 bits per heavy atom. The summed E-state index contributed by atoms with van der Waals surface area (Å²) in [4.78, 5) is 41.3. The molecule has 1 saturated heterocycles. The first-order valence-corrected chi connectivity index (χ1v) is 15.2. The first-order valence-electron chi connectivity index (χ1n) is 15.2. The van der Waals surface area contributed by atoms with E-state index < -0.39 is 30.1 Å². The molecular formula is C32H42N2O8. The van der Waals surface area contributed by atoms with Crippen LogP contribution in [0, 0.1) is 29.1 Å². The Morgan fingerprint density at radius 1 is 1.24 bits per heavy atom. The number of carbonyl (C=O) groups excluding carboxylic acids is 3. The van der Waals surface area contributed by atoms with Gasteiger partial charge in [-0.15, -0.1) is 0 Å². The van der Waals surface area contributed by atoms with E-state index >= 15 is 0 Å². The standard InChI is InChI=1S/C32H42N2O8/c1-32(2)20-5-4-18(23(32)12-20)14-34(31(39)19-6-9-41-16-19)24-13-22(30(38)33-7-8-35)26-21-10-17(15-36)11-25(40-3)28(21)42-29(26)27(24)37/h10-11,13,15,18-20,23-24,26-27,29,35,37H,4-9,12,14,16H2,1-3H3,(H,33,38)/t18-,19?,20-,23-,24+,26-,27-,29-/m0/s1. The van der Waals surface area contributed by atoms with E-state index in [4.69, 9.17) is 14.2 Å². The number of rotatable bonds is 9. The van der Waals surface area contributed by atoms with E-state index in [1.807, 2.05) is 0 Å². The number of aliphatic hydroxyl groups is 2. The predicted molar refractivity (Wildman–Crippen MR) is 152 cm³/mol. The van der Waals surface area contributed by atoms with Crippen molar-refractivity contribution in [2.45, 2.75) is 63.7 Å². The number of aldehydes is 1. The van der Waals surface area contributed by atoms with Gasteiger partial charge in [-0.1, -0.05) is 13.8 Å². The van der Waals surface area contributed by atoms with Crippen LogP contribution >= 0.6 is 0 Å². The third kappa shape index (κ3) is 4.72. The van der Waals surface area contributed by atoms with Crippen LogP contribution in [-0.4, -0.2) is 91.5 Å². The normalized spacial score (nSPS) is 33.8. The zero-order valence-electron chi connectivity index (χ0n) is 24.6. The summed E-state index contributed by atoms with van der Waals surface area (Å²) in [5, 5.41) is 24.1. The number of fused-ring (bicyclic) bond motifs is 5. The third-order valence-corrected chi connectivity index (χ3v) is 10.8. The van der Waals surface area contributed by atoms with Crippen LogP contribution < -0.4 is 14.8 Å². The lowest BCUT2D eigenvalue weighted by Crippen LogP contribution is -2.60. The lowest BCUT2D eigenvalue weighted by atomic mass is 9.45. The average Bonchev–Trinajstić information content (AvgIpc) is 3.67. The van der Waals surface area contributed by atoms with E-state index in [9.17, 15) is 24.6 Å². The van der Waals surface area contributed by atoms with Crippen LogP contribution in [0.25, 0.3) is 0 Å². The van der Waals surface area contributed by atoms with Gasteiger partial charge >= 0.3 is 0 Å². The highest BCUT2D eigenvalue weighted by Crippen LogP contribution is 2.61. The smallest absolute Gasteiger partial charge is 0.247 e. The highest BCUT2D eigenvalue weighted by Gasteiger charge is 2.56. The van der Waals surface area contributed by atoms with Crippen LogP contribution in [0.15, 0.2) is 23.8 Å². The van der Waals surface area contributed by atoms with Gasteiger partial charge in [0.25, 0.3) is 0 Å². The summed E-state index contributed by atoms with van der Waals surface area (Å²) >= 11 is 0. The van der Waals surface area contributed by atoms with Crippen molar-refractivity contribution < 1.29 is 38.8 Å². The molecule has 1 unspecified atom stereocenters. The summed E-state index contributed by atoms with van der Waals surface area (Å²) in [6, 6.07) is 2.42. The summed E-state index contributed by atoms with van der Waals surface area (Å²) in [6.07, 6.45) is 4.32. The predicted octanol–water partition coefficient (Wildman–Crippen LogP) is 2.07. The topological polar surface area (TPSA) is 135 Å². The number of nitrogens with one attached hydrogen (secondary N) is 1. The molecule has 0 radical (unpaired) electrons. The molecule has 2 aliphatic heterocycles. The Labute approximate surface area is 246 Å². The fraction of sp³-hybridized carbons (Fsp3) is 0.656. The molecule has 0 aromatic heterocycles. The highest BCUT2D eigenvalue weighted by atomic mass is 16.5. The summed E-state index contributed by atoms with van der Waals surface area (Å²) in [6.45, 7) is 5.81. The maximum Gasteiger partial charge on any atom is 0.247 e. The number of methoxy groups -OCH3 is 1. The number of benzene rings is 1. The Kier molecular flexibility index (Phi) is 7.82. The fourth-order valence-corrected chi connectivity index (χ4v) is 8.31. The molecule has 4 fully saturated rings. The number of carbonyl (C=O) groups is 3. The molecule has 3 N–H and O–H groups in total. The van der Waals surface area contributed by atoms with Gasteiger partial charge in [-0.2, -0.15) is 0 Å². The zero-order chi connectivity index (χ0) is 29.8.